The van der Waals surface area contributed by atoms with E-state index in [1.807, 2.05) is 0 Å². The lowest BCUT2D eigenvalue weighted by Gasteiger charge is -2.38. The fraction of sp³-hybridized carbons (Fsp3) is 0.500. The fourth-order valence-electron chi connectivity index (χ4n) is 3.87. The molecule has 7 heteroatoms. The van der Waals surface area contributed by atoms with Crippen LogP contribution in [0.5, 0.6) is 17.6 Å². The molecule has 0 amide bonds. The number of fused-ring (bicyclic) bond motifs is 1. The summed E-state index contributed by atoms with van der Waals surface area (Å²) in [5.41, 5.74) is 2.22. The predicted octanol–water partition coefficient (Wildman–Crippen LogP) is 1.91. The van der Waals surface area contributed by atoms with Gasteiger partial charge in [-0.3, -0.25) is 4.90 Å². The molecule has 2 aromatic rings. The second-order valence-electron chi connectivity index (χ2n) is 7.13. The Hall–Kier alpha value is -2.38. The van der Waals surface area contributed by atoms with E-state index in [0.717, 1.165) is 38.4 Å². The van der Waals surface area contributed by atoms with Crippen LogP contribution in [-0.2, 0) is 18.6 Å². The van der Waals surface area contributed by atoms with Crippen LogP contribution >= 0.6 is 0 Å². The van der Waals surface area contributed by atoms with Crippen LogP contribution < -0.4 is 14.2 Å². The van der Waals surface area contributed by atoms with Crippen LogP contribution in [0.4, 0.5) is 0 Å². The average molecular weight is 371 g/mol. The fourth-order valence-corrected chi connectivity index (χ4v) is 3.87. The van der Waals surface area contributed by atoms with Crippen molar-refractivity contribution in [1.82, 2.24) is 14.9 Å². The SMILES string of the molecule is COc1ncc(C2(O)CCN(Cc3ccc4c(c3)CCO4)CC2)c(OC)n1. The van der Waals surface area contributed by atoms with E-state index in [1.165, 1.54) is 18.2 Å². The summed E-state index contributed by atoms with van der Waals surface area (Å²) in [6, 6.07) is 6.67. The molecule has 7 nitrogen and oxygen atoms in total. The monoisotopic (exact) mass is 371 g/mol. The van der Waals surface area contributed by atoms with Crippen LogP contribution in [0.3, 0.4) is 0 Å². The Morgan fingerprint density at radius 2 is 2.04 bits per heavy atom. The third kappa shape index (κ3) is 3.57. The molecule has 2 aliphatic heterocycles. The van der Waals surface area contributed by atoms with E-state index in [0.29, 0.717) is 24.3 Å². The number of benzene rings is 1. The molecule has 1 aromatic heterocycles. The van der Waals surface area contributed by atoms with Gasteiger partial charge in [0.2, 0.25) is 5.88 Å². The molecular formula is C20H25N3O4. The smallest absolute Gasteiger partial charge is 0.319 e. The molecule has 27 heavy (non-hydrogen) atoms. The Morgan fingerprint density at radius 3 is 2.78 bits per heavy atom. The second-order valence-corrected chi connectivity index (χ2v) is 7.13. The zero-order valence-electron chi connectivity index (χ0n) is 15.8. The van der Waals surface area contributed by atoms with Gasteiger partial charge in [-0.15, -0.1) is 0 Å². The summed E-state index contributed by atoms with van der Waals surface area (Å²) in [7, 11) is 3.05. The molecule has 0 atom stereocenters. The van der Waals surface area contributed by atoms with E-state index < -0.39 is 5.60 Å². The second kappa shape index (κ2) is 7.32. The topological polar surface area (TPSA) is 76.9 Å². The molecule has 0 bridgehead atoms. The molecule has 1 saturated heterocycles. The van der Waals surface area contributed by atoms with Gasteiger partial charge < -0.3 is 19.3 Å². The van der Waals surface area contributed by atoms with Crippen LogP contribution in [0, 0.1) is 0 Å². The van der Waals surface area contributed by atoms with Gasteiger partial charge in [-0.1, -0.05) is 12.1 Å². The Morgan fingerprint density at radius 1 is 1.22 bits per heavy atom. The van der Waals surface area contributed by atoms with Gasteiger partial charge in [0.1, 0.15) is 5.75 Å². The highest BCUT2D eigenvalue weighted by atomic mass is 16.5. The number of piperidine rings is 1. The van der Waals surface area contributed by atoms with Crippen LogP contribution in [0.1, 0.15) is 29.5 Å². The van der Waals surface area contributed by atoms with Crippen molar-refractivity contribution in [2.24, 2.45) is 0 Å². The first-order chi connectivity index (χ1) is 13.1. The third-order valence-electron chi connectivity index (χ3n) is 5.45. The van der Waals surface area contributed by atoms with Crippen molar-refractivity contribution in [2.45, 2.75) is 31.4 Å². The van der Waals surface area contributed by atoms with Gasteiger partial charge in [-0.2, -0.15) is 4.98 Å². The van der Waals surface area contributed by atoms with Gasteiger partial charge in [0.05, 0.1) is 32.0 Å². The number of aliphatic hydroxyl groups is 1. The average Bonchev–Trinajstić information content (AvgIpc) is 3.17. The number of hydrogen-bond acceptors (Lipinski definition) is 7. The molecule has 2 aliphatic rings. The van der Waals surface area contributed by atoms with Crippen molar-refractivity contribution in [3.05, 3.63) is 41.1 Å². The largest absolute Gasteiger partial charge is 0.493 e. The molecule has 0 unspecified atom stereocenters. The van der Waals surface area contributed by atoms with Crippen molar-refractivity contribution in [3.8, 4) is 17.6 Å². The number of aromatic nitrogens is 2. The van der Waals surface area contributed by atoms with Gasteiger partial charge in [0, 0.05) is 32.3 Å². The first-order valence-corrected chi connectivity index (χ1v) is 9.26. The standard InChI is InChI=1S/C20H25N3O4/c1-25-18-16(12-21-19(22-18)26-2)20(24)6-8-23(9-7-20)13-14-3-4-17-15(11-14)5-10-27-17/h3-4,11-12,24H,5-10,13H2,1-2H3. The van der Waals surface area contributed by atoms with Crippen LogP contribution in [-0.4, -0.2) is 53.9 Å². The van der Waals surface area contributed by atoms with Crippen molar-refractivity contribution >= 4 is 0 Å². The Kier molecular flexibility index (Phi) is 4.88. The predicted molar refractivity (Wildman–Crippen MR) is 99.2 cm³/mol. The maximum absolute atomic E-state index is 11.2. The van der Waals surface area contributed by atoms with Crippen molar-refractivity contribution in [2.75, 3.05) is 33.9 Å². The van der Waals surface area contributed by atoms with Crippen LogP contribution in [0.25, 0.3) is 0 Å². The summed E-state index contributed by atoms with van der Waals surface area (Å²) < 4.78 is 16.0. The minimum absolute atomic E-state index is 0.234. The van der Waals surface area contributed by atoms with Crippen molar-refractivity contribution < 1.29 is 19.3 Å². The lowest BCUT2D eigenvalue weighted by molar-refractivity contribution is -0.0300. The van der Waals surface area contributed by atoms with Crippen molar-refractivity contribution in [1.29, 1.82) is 0 Å². The Labute approximate surface area is 158 Å². The number of methoxy groups -OCH3 is 2. The number of likely N-dealkylation sites (tertiary alicyclic amines) is 1. The maximum atomic E-state index is 11.2. The number of nitrogens with zero attached hydrogens (tertiary/aromatic N) is 3. The van der Waals surface area contributed by atoms with Gasteiger partial charge >= 0.3 is 6.01 Å². The van der Waals surface area contributed by atoms with E-state index in [-0.39, 0.29) is 6.01 Å². The Bertz CT molecular complexity index is 819. The zero-order chi connectivity index (χ0) is 18.9. The van der Waals surface area contributed by atoms with Gasteiger partial charge in [0.25, 0.3) is 0 Å². The molecule has 0 saturated carbocycles. The number of ether oxygens (including phenoxy) is 3. The quantitative estimate of drug-likeness (QED) is 0.860. The number of hydrogen-bond donors (Lipinski definition) is 1. The summed E-state index contributed by atoms with van der Waals surface area (Å²) in [5.74, 6) is 1.38. The molecule has 0 spiro atoms. The van der Waals surface area contributed by atoms with E-state index in [1.54, 1.807) is 13.3 Å². The highest BCUT2D eigenvalue weighted by Gasteiger charge is 2.37. The third-order valence-corrected chi connectivity index (χ3v) is 5.45. The molecule has 0 radical (unpaired) electrons. The van der Waals surface area contributed by atoms with Crippen LogP contribution in [0.2, 0.25) is 0 Å². The van der Waals surface area contributed by atoms with Crippen molar-refractivity contribution in [3.63, 3.8) is 0 Å². The number of rotatable bonds is 5. The molecule has 1 aromatic carbocycles. The molecular weight excluding hydrogens is 346 g/mol. The first-order valence-electron chi connectivity index (χ1n) is 9.26. The minimum atomic E-state index is -0.986. The zero-order valence-corrected chi connectivity index (χ0v) is 15.8. The summed E-state index contributed by atoms with van der Waals surface area (Å²) in [6.45, 7) is 3.24. The normalized spacial score (nSPS) is 18.6. The molecule has 0 aliphatic carbocycles. The lowest BCUT2D eigenvalue weighted by atomic mass is 9.85. The molecule has 1 N–H and O–H groups in total. The summed E-state index contributed by atoms with van der Waals surface area (Å²) >= 11 is 0. The van der Waals surface area contributed by atoms with E-state index >= 15 is 0 Å². The van der Waals surface area contributed by atoms with E-state index in [4.69, 9.17) is 14.2 Å². The maximum Gasteiger partial charge on any atom is 0.319 e. The summed E-state index contributed by atoms with van der Waals surface area (Å²) in [4.78, 5) is 10.7. The molecule has 4 rings (SSSR count). The summed E-state index contributed by atoms with van der Waals surface area (Å²) in [6.07, 6.45) is 3.81. The van der Waals surface area contributed by atoms with E-state index in [9.17, 15) is 5.11 Å². The van der Waals surface area contributed by atoms with Crippen LogP contribution in [0.15, 0.2) is 24.4 Å². The van der Waals surface area contributed by atoms with E-state index in [2.05, 4.69) is 33.1 Å². The lowest BCUT2D eigenvalue weighted by Crippen LogP contribution is -2.42. The highest BCUT2D eigenvalue weighted by Crippen LogP contribution is 2.38. The summed E-state index contributed by atoms with van der Waals surface area (Å²) in [5, 5.41) is 11.2. The van der Waals surface area contributed by atoms with Gasteiger partial charge in [-0.25, -0.2) is 4.98 Å². The molecule has 1 fully saturated rings. The van der Waals surface area contributed by atoms with Gasteiger partial charge in [0.15, 0.2) is 0 Å². The molecule has 144 valence electrons. The molecule has 3 heterocycles. The first kappa shape index (κ1) is 18.0. The highest BCUT2D eigenvalue weighted by molar-refractivity contribution is 5.40. The Balaban J connectivity index is 1.43. The van der Waals surface area contributed by atoms with Gasteiger partial charge in [-0.05, 0) is 30.0 Å². The minimum Gasteiger partial charge on any atom is -0.493 e.